The number of benzene rings is 2. The van der Waals surface area contributed by atoms with Gasteiger partial charge in [0.15, 0.2) is 0 Å². The molecule has 0 radical (unpaired) electrons. The average molecular weight is 349 g/mol. The molecule has 2 aromatic carbocycles. The van der Waals surface area contributed by atoms with E-state index in [1.54, 1.807) is 23.9 Å². The molecule has 106 valence electrons. The van der Waals surface area contributed by atoms with Gasteiger partial charge in [0.25, 0.3) is 0 Å². The van der Waals surface area contributed by atoms with Crippen LogP contribution in [-0.2, 0) is 6.54 Å². The molecule has 0 heterocycles. The Kier molecular flexibility index (Phi) is 5.47. The normalized spacial score (nSPS) is 10.7. The Hall–Kier alpha value is -0.580. The predicted molar refractivity (Wildman–Crippen MR) is 87.7 cm³/mol. The zero-order valence-corrected chi connectivity index (χ0v) is 13.7. The Labute approximate surface area is 137 Å². The molecule has 0 saturated carbocycles. The van der Waals surface area contributed by atoms with E-state index < -0.39 is 0 Å². The summed E-state index contributed by atoms with van der Waals surface area (Å²) in [6.07, 6.45) is 1.99. The van der Waals surface area contributed by atoms with Crippen molar-refractivity contribution in [2.45, 2.75) is 11.4 Å². The molecule has 0 atom stereocenters. The Morgan fingerprint density at radius 1 is 1.05 bits per heavy atom. The topological polar surface area (TPSA) is 35.2 Å². The number of hydrogen-bond donors (Lipinski definition) is 1. The number of rotatable bonds is 4. The number of hydrogen-bond acceptors (Lipinski definition) is 3. The van der Waals surface area contributed by atoms with Gasteiger partial charge in [-0.2, -0.15) is 0 Å². The monoisotopic (exact) mass is 347 g/mol. The van der Waals surface area contributed by atoms with Crippen LogP contribution in [0.2, 0.25) is 15.1 Å². The van der Waals surface area contributed by atoms with E-state index in [4.69, 9.17) is 45.3 Å². The molecule has 20 heavy (non-hydrogen) atoms. The van der Waals surface area contributed by atoms with Crippen molar-refractivity contribution in [1.82, 2.24) is 0 Å². The van der Waals surface area contributed by atoms with Crippen molar-refractivity contribution < 1.29 is 4.74 Å². The van der Waals surface area contributed by atoms with Gasteiger partial charge in [-0.3, -0.25) is 0 Å². The quantitative estimate of drug-likeness (QED) is 0.575. The molecule has 0 aromatic heterocycles. The standard InChI is InChI=1S/C14H12Cl3NOS/c1-20-14-4-2-3-12(8(14)7-18)19-13-6-10(16)9(15)5-11(13)17/h2-6H,7,18H2,1H3. The lowest BCUT2D eigenvalue weighted by Crippen LogP contribution is -2.01. The summed E-state index contributed by atoms with van der Waals surface area (Å²) in [5.41, 5.74) is 6.73. The van der Waals surface area contributed by atoms with Crippen LogP contribution in [0.4, 0.5) is 0 Å². The second kappa shape index (κ2) is 6.92. The number of nitrogens with two attached hydrogens (primary N) is 1. The second-order valence-corrected chi connectivity index (χ2v) is 6.01. The molecule has 0 amide bonds. The molecule has 0 unspecified atom stereocenters. The first-order valence-corrected chi connectivity index (χ1v) is 8.11. The van der Waals surface area contributed by atoms with Gasteiger partial charge in [0.05, 0.1) is 15.1 Å². The van der Waals surface area contributed by atoms with Crippen molar-refractivity contribution in [2.24, 2.45) is 5.73 Å². The Balaban J connectivity index is 2.42. The minimum absolute atomic E-state index is 0.380. The maximum Gasteiger partial charge on any atom is 0.147 e. The molecule has 6 heteroatoms. The van der Waals surface area contributed by atoms with Crippen molar-refractivity contribution in [3.8, 4) is 11.5 Å². The van der Waals surface area contributed by atoms with Gasteiger partial charge in [0, 0.05) is 23.1 Å². The molecule has 2 nitrogen and oxygen atoms in total. The molecular weight excluding hydrogens is 337 g/mol. The Morgan fingerprint density at radius 3 is 2.40 bits per heavy atom. The van der Waals surface area contributed by atoms with Crippen LogP contribution in [0.1, 0.15) is 5.56 Å². The van der Waals surface area contributed by atoms with Crippen LogP contribution in [0, 0.1) is 0 Å². The molecule has 2 N–H and O–H groups in total. The summed E-state index contributed by atoms with van der Waals surface area (Å²) in [6.45, 7) is 0.380. The van der Waals surface area contributed by atoms with Gasteiger partial charge in [-0.1, -0.05) is 40.9 Å². The molecule has 0 bridgehead atoms. The van der Waals surface area contributed by atoms with Crippen molar-refractivity contribution in [3.05, 3.63) is 51.0 Å². The molecule has 0 aliphatic rings. The number of thioether (sulfide) groups is 1. The number of halogens is 3. The SMILES string of the molecule is CSc1cccc(Oc2cc(Cl)c(Cl)cc2Cl)c1CN. The molecule has 2 aromatic rings. The first-order valence-electron chi connectivity index (χ1n) is 5.75. The molecular formula is C14H12Cl3NOS. The van der Waals surface area contributed by atoms with Crippen molar-refractivity contribution in [1.29, 1.82) is 0 Å². The number of ether oxygens (including phenoxy) is 1. The van der Waals surface area contributed by atoms with E-state index in [0.29, 0.717) is 33.1 Å². The Bertz CT molecular complexity index is 634. The van der Waals surface area contributed by atoms with Gasteiger partial charge in [-0.15, -0.1) is 11.8 Å². The summed E-state index contributed by atoms with van der Waals surface area (Å²) in [4.78, 5) is 1.07. The average Bonchev–Trinajstić information content (AvgIpc) is 2.44. The van der Waals surface area contributed by atoms with Crippen LogP contribution < -0.4 is 10.5 Å². The molecule has 0 spiro atoms. The summed E-state index contributed by atoms with van der Waals surface area (Å²) < 4.78 is 5.84. The zero-order valence-electron chi connectivity index (χ0n) is 10.6. The van der Waals surface area contributed by atoms with Crippen LogP contribution in [0.5, 0.6) is 11.5 Å². The highest BCUT2D eigenvalue weighted by atomic mass is 35.5. The largest absolute Gasteiger partial charge is 0.455 e. The highest BCUT2D eigenvalue weighted by molar-refractivity contribution is 7.98. The fraction of sp³-hybridized carbons (Fsp3) is 0.143. The fourth-order valence-corrected chi connectivity index (χ4v) is 2.95. The van der Waals surface area contributed by atoms with E-state index in [1.807, 2.05) is 24.5 Å². The summed E-state index contributed by atoms with van der Waals surface area (Å²) in [5.74, 6) is 1.12. The van der Waals surface area contributed by atoms with Crippen LogP contribution in [-0.4, -0.2) is 6.26 Å². The van der Waals surface area contributed by atoms with E-state index in [1.165, 1.54) is 0 Å². The van der Waals surface area contributed by atoms with Crippen molar-refractivity contribution >= 4 is 46.6 Å². The summed E-state index contributed by atoms with van der Waals surface area (Å²) >= 11 is 19.6. The van der Waals surface area contributed by atoms with Gasteiger partial charge in [-0.25, -0.2) is 0 Å². The van der Waals surface area contributed by atoms with Crippen molar-refractivity contribution in [3.63, 3.8) is 0 Å². The molecule has 0 fully saturated rings. The highest BCUT2D eigenvalue weighted by Crippen LogP contribution is 2.38. The highest BCUT2D eigenvalue weighted by Gasteiger charge is 2.12. The molecule has 0 saturated heterocycles. The molecule has 2 rings (SSSR count). The molecule has 0 aliphatic heterocycles. The smallest absolute Gasteiger partial charge is 0.147 e. The maximum absolute atomic E-state index is 6.12. The van der Waals surface area contributed by atoms with Crippen LogP contribution >= 0.6 is 46.6 Å². The first kappa shape index (κ1) is 15.8. The van der Waals surface area contributed by atoms with E-state index in [-0.39, 0.29) is 0 Å². The lowest BCUT2D eigenvalue weighted by Gasteiger charge is -2.14. The minimum Gasteiger partial charge on any atom is -0.455 e. The van der Waals surface area contributed by atoms with E-state index >= 15 is 0 Å². The van der Waals surface area contributed by atoms with E-state index in [9.17, 15) is 0 Å². The maximum atomic E-state index is 6.12. The summed E-state index contributed by atoms with van der Waals surface area (Å²) in [7, 11) is 0. The van der Waals surface area contributed by atoms with Gasteiger partial charge in [0.2, 0.25) is 0 Å². The minimum atomic E-state index is 0.380. The van der Waals surface area contributed by atoms with E-state index in [2.05, 4.69) is 0 Å². The first-order chi connectivity index (χ1) is 9.56. The van der Waals surface area contributed by atoms with Gasteiger partial charge < -0.3 is 10.5 Å². The summed E-state index contributed by atoms with van der Waals surface area (Å²) in [5, 5.41) is 1.18. The third-order valence-corrected chi connectivity index (χ3v) is 4.55. The van der Waals surface area contributed by atoms with Gasteiger partial charge in [-0.05, 0) is 24.5 Å². The van der Waals surface area contributed by atoms with Gasteiger partial charge in [0.1, 0.15) is 11.5 Å². The lowest BCUT2D eigenvalue weighted by molar-refractivity contribution is 0.474. The second-order valence-electron chi connectivity index (χ2n) is 3.94. The van der Waals surface area contributed by atoms with Gasteiger partial charge >= 0.3 is 0 Å². The lowest BCUT2D eigenvalue weighted by atomic mass is 10.2. The van der Waals surface area contributed by atoms with Crippen LogP contribution in [0.15, 0.2) is 35.2 Å². The third-order valence-electron chi connectivity index (χ3n) is 2.71. The predicted octanol–water partition coefficient (Wildman–Crippen LogP) is 5.62. The fourth-order valence-electron chi connectivity index (χ4n) is 1.73. The third kappa shape index (κ3) is 3.35. The van der Waals surface area contributed by atoms with Crippen LogP contribution in [0.25, 0.3) is 0 Å². The summed E-state index contributed by atoms with van der Waals surface area (Å²) in [6, 6.07) is 8.91. The van der Waals surface area contributed by atoms with E-state index in [0.717, 1.165) is 10.5 Å². The van der Waals surface area contributed by atoms with Crippen LogP contribution in [0.3, 0.4) is 0 Å². The Morgan fingerprint density at radius 2 is 1.75 bits per heavy atom. The molecule has 0 aliphatic carbocycles. The van der Waals surface area contributed by atoms with Crippen molar-refractivity contribution in [2.75, 3.05) is 6.26 Å². The zero-order chi connectivity index (χ0) is 14.7.